The smallest absolute Gasteiger partial charge is 0.354 e. The molecule has 2 N–H and O–H groups in total. The van der Waals surface area contributed by atoms with Crippen LogP contribution in [0.25, 0.3) is 10.8 Å². The molecule has 3 unspecified atom stereocenters. The highest BCUT2D eigenvalue weighted by molar-refractivity contribution is 8.01. The van der Waals surface area contributed by atoms with Crippen molar-refractivity contribution in [3.05, 3.63) is 47.2 Å². The van der Waals surface area contributed by atoms with Crippen molar-refractivity contribution in [1.29, 1.82) is 0 Å². The summed E-state index contributed by atoms with van der Waals surface area (Å²) in [5.41, 5.74) is 3.33. The van der Waals surface area contributed by atoms with Gasteiger partial charge in [0, 0.05) is 22.8 Å². The third-order valence-electron chi connectivity index (χ3n) is 6.94. The molecule has 32 heavy (non-hydrogen) atoms. The summed E-state index contributed by atoms with van der Waals surface area (Å²) < 4.78 is 7.19. The van der Waals surface area contributed by atoms with Gasteiger partial charge in [-0.15, -0.1) is 0 Å². The molecule has 0 saturated carbocycles. The number of amides is 1. The molecule has 1 amide bonds. The van der Waals surface area contributed by atoms with Crippen LogP contribution in [0.1, 0.15) is 19.4 Å². The van der Waals surface area contributed by atoms with Crippen LogP contribution in [0, 0.1) is 11.8 Å². The molecule has 3 aliphatic heterocycles. The number of hydrogen-bond acceptors (Lipinski definition) is 7. The third-order valence-corrected chi connectivity index (χ3v) is 8.02. The molecule has 0 aliphatic carbocycles. The number of hydrogen-bond donors (Lipinski definition) is 2. The van der Waals surface area contributed by atoms with E-state index in [2.05, 4.69) is 28.6 Å². The number of β-lactam (4-membered cyclic amide) rings is 1. The fourth-order valence-corrected chi connectivity index (χ4v) is 6.54. The second kappa shape index (κ2) is 7.79. The molecule has 3 heterocycles. The van der Waals surface area contributed by atoms with Crippen molar-refractivity contribution in [1.82, 2.24) is 4.90 Å². The number of ether oxygens (including phenoxy) is 1. The van der Waals surface area contributed by atoms with E-state index in [9.17, 15) is 19.8 Å². The van der Waals surface area contributed by atoms with Crippen LogP contribution in [0.4, 0.5) is 5.69 Å². The van der Waals surface area contributed by atoms with Gasteiger partial charge in [0.25, 0.3) is 0 Å². The lowest BCUT2D eigenvalue weighted by Crippen LogP contribution is -2.63. The lowest BCUT2D eigenvalue weighted by molar-refractivity contribution is -0.163. The monoisotopic (exact) mass is 454 g/mol. The van der Waals surface area contributed by atoms with Crippen molar-refractivity contribution in [3.63, 3.8) is 0 Å². The second-order valence-corrected chi connectivity index (χ2v) is 9.71. The number of carbonyl (C=O) groups excluding carboxylic acids is 2. The van der Waals surface area contributed by atoms with Crippen molar-refractivity contribution in [3.8, 4) is 0 Å². The quantitative estimate of drug-likeness (QED) is 0.394. The summed E-state index contributed by atoms with van der Waals surface area (Å²) in [6, 6.07) is 10.1. The molecule has 8 heteroatoms. The van der Waals surface area contributed by atoms with Gasteiger partial charge < -0.3 is 24.2 Å². The number of benzene rings is 2. The van der Waals surface area contributed by atoms with E-state index in [1.807, 2.05) is 13.0 Å². The molecule has 3 aliphatic rings. The number of rotatable bonds is 6. The number of aliphatic hydroxyl groups is 2. The van der Waals surface area contributed by atoms with Crippen molar-refractivity contribution < 1.29 is 24.5 Å². The molecule has 5 rings (SSSR count). The van der Waals surface area contributed by atoms with Gasteiger partial charge in [-0.2, -0.15) is 0 Å². The Labute approximate surface area is 190 Å². The lowest BCUT2D eigenvalue weighted by Gasteiger charge is -2.46. The first-order valence-electron chi connectivity index (χ1n) is 10.8. The Bertz CT molecular complexity index is 1160. The van der Waals surface area contributed by atoms with Crippen LogP contribution < -0.4 is 4.31 Å². The minimum absolute atomic E-state index is 0.0742. The number of methoxy groups -OCH3 is 1. The van der Waals surface area contributed by atoms with Crippen LogP contribution in [0.15, 0.2) is 46.5 Å². The minimum Gasteiger partial charge on any atom is -0.464 e. The Morgan fingerprint density at radius 1 is 1.28 bits per heavy atom. The largest absolute Gasteiger partial charge is 0.464 e. The van der Waals surface area contributed by atoms with E-state index >= 15 is 0 Å². The van der Waals surface area contributed by atoms with E-state index < -0.39 is 18.0 Å². The van der Waals surface area contributed by atoms with Gasteiger partial charge in [-0.05, 0) is 53.9 Å². The van der Waals surface area contributed by atoms with Crippen molar-refractivity contribution in [2.45, 2.75) is 37.3 Å². The van der Waals surface area contributed by atoms with Crippen LogP contribution in [-0.4, -0.2) is 59.4 Å². The van der Waals surface area contributed by atoms with Gasteiger partial charge in [0.15, 0.2) is 0 Å². The Morgan fingerprint density at radius 2 is 2.06 bits per heavy atom. The maximum absolute atomic E-state index is 12.8. The topological polar surface area (TPSA) is 90.3 Å². The van der Waals surface area contributed by atoms with Gasteiger partial charge >= 0.3 is 5.97 Å². The van der Waals surface area contributed by atoms with E-state index in [0.29, 0.717) is 18.7 Å². The summed E-state index contributed by atoms with van der Waals surface area (Å²) in [6.07, 6.45) is -0.174. The minimum atomic E-state index is -0.770. The second-order valence-electron chi connectivity index (χ2n) is 8.64. The maximum atomic E-state index is 12.8. The van der Waals surface area contributed by atoms with Crippen LogP contribution >= 0.6 is 11.9 Å². The number of carbonyl (C=O) groups is 2. The Balaban J connectivity index is 1.54. The molecular weight excluding hydrogens is 428 g/mol. The lowest BCUT2D eigenvalue weighted by atomic mass is 9.78. The summed E-state index contributed by atoms with van der Waals surface area (Å²) in [4.78, 5) is 28.1. The third kappa shape index (κ3) is 2.89. The number of nitrogens with zero attached hydrogens (tertiary/aromatic N) is 2. The Morgan fingerprint density at radius 3 is 2.75 bits per heavy atom. The number of aliphatic hydroxyl groups excluding tert-OH is 2. The number of anilines is 1. The average molecular weight is 455 g/mol. The zero-order valence-corrected chi connectivity index (χ0v) is 19.1. The zero-order valence-electron chi connectivity index (χ0n) is 18.2. The van der Waals surface area contributed by atoms with Gasteiger partial charge in [-0.1, -0.05) is 25.1 Å². The molecule has 2 aromatic carbocycles. The van der Waals surface area contributed by atoms with Gasteiger partial charge in [0.05, 0.1) is 37.4 Å². The van der Waals surface area contributed by atoms with Crippen molar-refractivity contribution in [2.24, 2.45) is 11.8 Å². The predicted octanol–water partition coefficient (Wildman–Crippen LogP) is 2.49. The highest BCUT2D eigenvalue weighted by Crippen LogP contribution is 2.51. The first-order valence-corrected chi connectivity index (χ1v) is 11.6. The molecule has 0 radical (unpaired) electrons. The van der Waals surface area contributed by atoms with E-state index in [1.54, 1.807) is 18.9 Å². The standard InChI is InChI=1S/C24H26N2O5S/c1-12-16(22(24(30)31-3)26-21(12)19(13(2)28)23(26)29)11-25-17-6-4-5-15-14(9-10-27)7-8-18(32-25)20(15)17/h4-8,12-13,19,21,27-28H,9-11H2,1-3H3/t12?,13?,19-,21?/m1/s1. The Hall–Kier alpha value is -2.55. The molecule has 0 bridgehead atoms. The van der Waals surface area contributed by atoms with E-state index in [1.165, 1.54) is 12.0 Å². The van der Waals surface area contributed by atoms with E-state index in [4.69, 9.17) is 4.74 Å². The first-order chi connectivity index (χ1) is 15.4. The fraction of sp³-hybridized carbons (Fsp3) is 0.417. The first kappa shape index (κ1) is 21.3. The van der Waals surface area contributed by atoms with Crippen LogP contribution in [0.5, 0.6) is 0 Å². The zero-order chi connectivity index (χ0) is 22.7. The van der Waals surface area contributed by atoms with E-state index in [0.717, 1.165) is 32.5 Å². The Kier molecular flexibility index (Phi) is 5.19. The summed E-state index contributed by atoms with van der Waals surface area (Å²) in [6.45, 7) is 4.20. The van der Waals surface area contributed by atoms with Crippen LogP contribution in [-0.2, 0) is 20.7 Å². The highest BCUT2D eigenvalue weighted by atomic mass is 32.2. The summed E-state index contributed by atoms with van der Waals surface area (Å²) in [5, 5.41) is 21.8. The van der Waals surface area contributed by atoms with Gasteiger partial charge in [-0.3, -0.25) is 4.79 Å². The fourth-order valence-electron chi connectivity index (χ4n) is 5.42. The molecule has 0 spiro atoms. The summed E-state index contributed by atoms with van der Waals surface area (Å²) >= 11 is 1.61. The normalized spacial score (nSPS) is 24.8. The van der Waals surface area contributed by atoms with E-state index in [-0.39, 0.29) is 24.5 Å². The maximum Gasteiger partial charge on any atom is 0.354 e. The van der Waals surface area contributed by atoms with Crippen LogP contribution in [0.3, 0.4) is 0 Å². The molecule has 168 valence electrons. The summed E-state index contributed by atoms with van der Waals surface area (Å²) in [5.74, 6) is -1.32. The van der Waals surface area contributed by atoms with Crippen LogP contribution in [0.2, 0.25) is 0 Å². The molecule has 4 atom stereocenters. The van der Waals surface area contributed by atoms with Gasteiger partial charge in [0.1, 0.15) is 5.70 Å². The SMILES string of the molecule is COC(=O)C1=C(CN2Sc3ccc(CCO)c4cccc2c34)C(C)C2[C@@H](C(C)O)C(=O)N12. The average Bonchev–Trinajstić information content (AvgIpc) is 3.24. The molecule has 7 nitrogen and oxygen atoms in total. The predicted molar refractivity (Wildman–Crippen MR) is 122 cm³/mol. The van der Waals surface area contributed by atoms with Crippen molar-refractivity contribution in [2.75, 3.05) is 24.6 Å². The highest BCUT2D eigenvalue weighted by Gasteiger charge is 2.60. The molecule has 0 aromatic heterocycles. The van der Waals surface area contributed by atoms with Gasteiger partial charge in [0.2, 0.25) is 5.91 Å². The molecule has 1 fully saturated rings. The van der Waals surface area contributed by atoms with Gasteiger partial charge in [-0.25, -0.2) is 4.79 Å². The summed E-state index contributed by atoms with van der Waals surface area (Å²) in [7, 11) is 1.32. The molecule has 1 saturated heterocycles. The number of fused-ring (bicyclic) bond motifs is 1. The molecular formula is C24H26N2O5S. The van der Waals surface area contributed by atoms with Crippen molar-refractivity contribution >= 4 is 40.3 Å². The number of esters is 1. The molecule has 2 aromatic rings.